The highest BCUT2D eigenvalue weighted by Crippen LogP contribution is 2.20. The van der Waals surface area contributed by atoms with Crippen LogP contribution in [0.4, 0.5) is 0 Å². The molecule has 2 aromatic carbocycles. The van der Waals surface area contributed by atoms with Crippen LogP contribution in [0.15, 0.2) is 48.5 Å². The molecule has 1 fully saturated rings. The van der Waals surface area contributed by atoms with Crippen LogP contribution in [0.1, 0.15) is 33.6 Å². The van der Waals surface area contributed by atoms with Crippen molar-refractivity contribution in [2.45, 2.75) is 12.8 Å². The summed E-state index contributed by atoms with van der Waals surface area (Å²) >= 11 is 0. The molecule has 0 aromatic heterocycles. The third kappa shape index (κ3) is 4.82. The first-order valence-electron chi connectivity index (χ1n) is 9.46. The average molecular weight is 382 g/mol. The van der Waals surface area contributed by atoms with Crippen LogP contribution in [0.5, 0.6) is 11.5 Å². The van der Waals surface area contributed by atoms with Crippen LogP contribution >= 0.6 is 0 Å². The van der Waals surface area contributed by atoms with Gasteiger partial charge in [-0.2, -0.15) is 0 Å². The standard InChI is InChI=1S/C22H26N2O4/c1-27-19-7-3-17(4-8-19)21(25)23-15-16-11-13-24(14-12-16)22(26)18-5-9-20(28-2)10-6-18/h3-10,16H,11-15H2,1-2H3,(H,23,25). The molecule has 0 unspecified atom stereocenters. The van der Waals surface area contributed by atoms with Gasteiger partial charge >= 0.3 is 0 Å². The van der Waals surface area contributed by atoms with E-state index in [1.165, 1.54) is 0 Å². The highest BCUT2D eigenvalue weighted by atomic mass is 16.5. The van der Waals surface area contributed by atoms with Gasteiger partial charge < -0.3 is 19.7 Å². The number of benzene rings is 2. The topological polar surface area (TPSA) is 67.9 Å². The number of carbonyl (C=O) groups is 2. The molecule has 0 radical (unpaired) electrons. The minimum Gasteiger partial charge on any atom is -0.497 e. The number of nitrogens with one attached hydrogen (secondary N) is 1. The molecule has 2 aromatic rings. The van der Waals surface area contributed by atoms with Gasteiger partial charge in [-0.25, -0.2) is 0 Å². The Balaban J connectivity index is 1.45. The Hall–Kier alpha value is -3.02. The first-order chi connectivity index (χ1) is 13.6. The largest absolute Gasteiger partial charge is 0.497 e. The second-order valence-electron chi connectivity index (χ2n) is 6.90. The Morgan fingerprint density at radius 1 is 0.893 bits per heavy atom. The smallest absolute Gasteiger partial charge is 0.253 e. The predicted octanol–water partition coefficient (Wildman–Crippen LogP) is 2.99. The van der Waals surface area contributed by atoms with Crippen LogP contribution < -0.4 is 14.8 Å². The number of hydrogen-bond donors (Lipinski definition) is 1. The number of hydrogen-bond acceptors (Lipinski definition) is 4. The zero-order valence-corrected chi connectivity index (χ0v) is 16.3. The lowest BCUT2D eigenvalue weighted by Crippen LogP contribution is -2.41. The monoisotopic (exact) mass is 382 g/mol. The number of nitrogens with zero attached hydrogens (tertiary/aromatic N) is 1. The fourth-order valence-electron chi connectivity index (χ4n) is 3.34. The highest BCUT2D eigenvalue weighted by Gasteiger charge is 2.24. The zero-order chi connectivity index (χ0) is 19.9. The van der Waals surface area contributed by atoms with Crippen LogP contribution in [0, 0.1) is 5.92 Å². The molecule has 6 heteroatoms. The van der Waals surface area contributed by atoms with E-state index in [-0.39, 0.29) is 11.8 Å². The van der Waals surface area contributed by atoms with Crippen molar-refractivity contribution in [1.82, 2.24) is 10.2 Å². The van der Waals surface area contributed by atoms with Crippen molar-refractivity contribution in [1.29, 1.82) is 0 Å². The molecule has 3 rings (SSSR count). The maximum absolute atomic E-state index is 12.6. The lowest BCUT2D eigenvalue weighted by atomic mass is 9.96. The summed E-state index contributed by atoms with van der Waals surface area (Å²) in [5.41, 5.74) is 1.29. The average Bonchev–Trinajstić information content (AvgIpc) is 2.77. The highest BCUT2D eigenvalue weighted by molar-refractivity contribution is 5.95. The van der Waals surface area contributed by atoms with Crippen molar-refractivity contribution in [2.24, 2.45) is 5.92 Å². The molecule has 1 heterocycles. The Morgan fingerprint density at radius 3 is 1.89 bits per heavy atom. The number of methoxy groups -OCH3 is 2. The lowest BCUT2D eigenvalue weighted by Gasteiger charge is -2.32. The molecule has 6 nitrogen and oxygen atoms in total. The van der Waals surface area contributed by atoms with Gasteiger partial charge in [0.25, 0.3) is 11.8 Å². The van der Waals surface area contributed by atoms with Crippen LogP contribution in [0.2, 0.25) is 0 Å². The van der Waals surface area contributed by atoms with Crippen molar-refractivity contribution in [3.63, 3.8) is 0 Å². The molecule has 0 saturated carbocycles. The molecule has 0 aliphatic carbocycles. The first-order valence-corrected chi connectivity index (χ1v) is 9.46. The van der Waals surface area contributed by atoms with Crippen molar-refractivity contribution < 1.29 is 19.1 Å². The van der Waals surface area contributed by atoms with Gasteiger partial charge in [0.2, 0.25) is 0 Å². The number of ether oxygens (including phenoxy) is 2. The van der Waals surface area contributed by atoms with Gasteiger partial charge in [0.15, 0.2) is 0 Å². The first kappa shape index (κ1) is 19.7. The summed E-state index contributed by atoms with van der Waals surface area (Å²) in [7, 11) is 3.20. The SMILES string of the molecule is COc1ccc(C(=O)NCC2CCN(C(=O)c3ccc(OC)cc3)CC2)cc1. The molecule has 1 aliphatic heterocycles. The van der Waals surface area contributed by atoms with E-state index in [1.54, 1.807) is 62.8 Å². The second kappa shape index (κ2) is 9.26. The molecule has 2 amide bonds. The Morgan fingerprint density at radius 2 is 1.39 bits per heavy atom. The van der Waals surface area contributed by atoms with Gasteiger partial charge in [-0.05, 0) is 67.3 Å². The molecule has 1 aliphatic rings. The molecule has 28 heavy (non-hydrogen) atoms. The third-order valence-corrected chi connectivity index (χ3v) is 5.14. The Bertz CT molecular complexity index is 794. The van der Waals surface area contributed by atoms with E-state index >= 15 is 0 Å². The van der Waals surface area contributed by atoms with E-state index in [2.05, 4.69) is 5.32 Å². The molecule has 0 atom stereocenters. The van der Waals surface area contributed by atoms with Crippen LogP contribution in [0.25, 0.3) is 0 Å². The number of piperidine rings is 1. The van der Waals surface area contributed by atoms with E-state index in [9.17, 15) is 9.59 Å². The number of carbonyl (C=O) groups excluding carboxylic acids is 2. The number of amides is 2. The van der Waals surface area contributed by atoms with E-state index in [4.69, 9.17) is 9.47 Å². The maximum Gasteiger partial charge on any atom is 0.253 e. The normalized spacial score (nSPS) is 14.4. The third-order valence-electron chi connectivity index (χ3n) is 5.14. The van der Waals surface area contributed by atoms with Crippen molar-refractivity contribution in [2.75, 3.05) is 33.9 Å². The predicted molar refractivity (Wildman–Crippen MR) is 107 cm³/mol. The van der Waals surface area contributed by atoms with Crippen LogP contribution in [-0.4, -0.2) is 50.6 Å². The van der Waals surface area contributed by atoms with Gasteiger partial charge in [0.05, 0.1) is 14.2 Å². The molecule has 1 saturated heterocycles. The quantitative estimate of drug-likeness (QED) is 0.834. The van der Waals surface area contributed by atoms with Crippen molar-refractivity contribution in [3.8, 4) is 11.5 Å². The summed E-state index contributed by atoms with van der Waals surface area (Å²) in [6.45, 7) is 2.03. The number of rotatable bonds is 6. The van der Waals surface area contributed by atoms with E-state index in [0.717, 1.165) is 24.3 Å². The van der Waals surface area contributed by atoms with Crippen LogP contribution in [-0.2, 0) is 0 Å². The summed E-state index contributed by atoms with van der Waals surface area (Å²) in [4.78, 5) is 26.8. The van der Waals surface area contributed by atoms with Gasteiger partial charge in [0.1, 0.15) is 11.5 Å². The fourth-order valence-corrected chi connectivity index (χ4v) is 3.34. The summed E-state index contributed by atoms with van der Waals surface area (Å²) in [5, 5.41) is 3.00. The Kier molecular flexibility index (Phi) is 6.53. The van der Waals surface area contributed by atoms with Crippen molar-refractivity contribution >= 4 is 11.8 Å². The Labute approximate surface area is 165 Å². The summed E-state index contributed by atoms with van der Waals surface area (Å²) < 4.78 is 10.2. The minimum absolute atomic E-state index is 0.0448. The van der Waals surface area contributed by atoms with E-state index < -0.39 is 0 Å². The number of likely N-dealkylation sites (tertiary alicyclic amines) is 1. The van der Waals surface area contributed by atoms with E-state index in [1.807, 2.05) is 4.90 Å². The molecular formula is C22H26N2O4. The van der Waals surface area contributed by atoms with Crippen molar-refractivity contribution in [3.05, 3.63) is 59.7 Å². The summed E-state index contributed by atoms with van der Waals surface area (Å²) in [6.07, 6.45) is 1.76. The van der Waals surface area contributed by atoms with E-state index in [0.29, 0.717) is 36.7 Å². The molecule has 0 spiro atoms. The molecule has 1 N–H and O–H groups in total. The second-order valence-corrected chi connectivity index (χ2v) is 6.90. The molecule has 0 bridgehead atoms. The maximum atomic E-state index is 12.6. The van der Waals surface area contributed by atoms with Gasteiger partial charge in [0, 0.05) is 30.8 Å². The zero-order valence-electron chi connectivity index (χ0n) is 16.3. The lowest BCUT2D eigenvalue weighted by molar-refractivity contribution is 0.0684. The van der Waals surface area contributed by atoms with Gasteiger partial charge in [-0.15, -0.1) is 0 Å². The van der Waals surface area contributed by atoms with Crippen LogP contribution in [0.3, 0.4) is 0 Å². The summed E-state index contributed by atoms with van der Waals surface area (Å²) in [6, 6.07) is 14.2. The molecular weight excluding hydrogens is 356 g/mol. The van der Waals surface area contributed by atoms with Gasteiger partial charge in [-0.3, -0.25) is 9.59 Å². The molecule has 148 valence electrons. The fraction of sp³-hybridized carbons (Fsp3) is 0.364. The minimum atomic E-state index is -0.0839. The van der Waals surface area contributed by atoms with Gasteiger partial charge in [-0.1, -0.05) is 0 Å². The summed E-state index contributed by atoms with van der Waals surface area (Å²) in [5.74, 6) is 1.80.